The van der Waals surface area contributed by atoms with Gasteiger partial charge >= 0.3 is 0 Å². The zero-order valence-corrected chi connectivity index (χ0v) is 20.9. The van der Waals surface area contributed by atoms with E-state index in [9.17, 15) is 0 Å². The van der Waals surface area contributed by atoms with Crippen molar-refractivity contribution in [2.75, 3.05) is 52.6 Å². The average molecular weight is 465 g/mol. The number of aryl methyl sites for hydroxylation is 1. The average Bonchev–Trinajstić information content (AvgIpc) is 3.28. The predicted octanol–water partition coefficient (Wildman–Crippen LogP) is 5.15. The molecule has 3 heterocycles. The lowest BCUT2D eigenvalue weighted by Gasteiger charge is -2.37. The van der Waals surface area contributed by atoms with Gasteiger partial charge in [-0.1, -0.05) is 31.2 Å². The van der Waals surface area contributed by atoms with E-state index < -0.39 is 0 Å². The highest BCUT2D eigenvalue weighted by atomic mass is 16.5. The molecule has 2 saturated heterocycles. The third-order valence-electron chi connectivity index (χ3n) is 7.70. The quantitative estimate of drug-likeness (QED) is 0.566. The lowest BCUT2D eigenvalue weighted by atomic mass is 9.97. The first-order valence-corrected chi connectivity index (χ1v) is 13.2. The van der Waals surface area contributed by atoms with E-state index in [0.717, 1.165) is 50.8 Å². The molecule has 0 saturated carbocycles. The van der Waals surface area contributed by atoms with Gasteiger partial charge in [0.25, 0.3) is 0 Å². The number of likely N-dealkylation sites (tertiary alicyclic amines) is 1. The van der Waals surface area contributed by atoms with Gasteiger partial charge in [0.2, 0.25) is 0 Å². The molecule has 5 rings (SSSR count). The van der Waals surface area contributed by atoms with Crippen LogP contribution in [0.2, 0.25) is 0 Å². The molecule has 2 aromatic carbocycles. The molecule has 34 heavy (non-hydrogen) atoms. The summed E-state index contributed by atoms with van der Waals surface area (Å²) in [4.78, 5) is 5.28. The topological polar surface area (TPSA) is 34.2 Å². The number of benzene rings is 2. The second kappa shape index (κ2) is 11.1. The Morgan fingerprint density at radius 1 is 1.03 bits per heavy atom. The van der Waals surface area contributed by atoms with E-state index in [2.05, 4.69) is 60.0 Å². The van der Waals surface area contributed by atoms with Gasteiger partial charge in [0.05, 0.1) is 13.2 Å². The van der Waals surface area contributed by atoms with Crippen LogP contribution in [-0.4, -0.2) is 68.4 Å². The van der Waals surface area contributed by atoms with Gasteiger partial charge in [0.15, 0.2) is 11.5 Å². The van der Waals surface area contributed by atoms with E-state index in [-0.39, 0.29) is 0 Å². The molecule has 5 nitrogen and oxygen atoms in total. The van der Waals surface area contributed by atoms with Gasteiger partial charge < -0.3 is 19.1 Å². The third kappa shape index (κ3) is 5.42. The summed E-state index contributed by atoms with van der Waals surface area (Å²) < 4.78 is 18.4. The van der Waals surface area contributed by atoms with Gasteiger partial charge in [-0.05, 0) is 81.1 Å². The van der Waals surface area contributed by atoms with Gasteiger partial charge in [0.1, 0.15) is 6.61 Å². The predicted molar refractivity (Wildman–Crippen MR) is 137 cm³/mol. The first kappa shape index (κ1) is 23.7. The summed E-state index contributed by atoms with van der Waals surface area (Å²) in [6.45, 7) is 13.1. The number of rotatable bonds is 7. The van der Waals surface area contributed by atoms with Crippen LogP contribution < -0.4 is 9.47 Å². The Hall–Kier alpha value is -2.08. The molecule has 0 radical (unpaired) electrons. The van der Waals surface area contributed by atoms with Gasteiger partial charge in [-0.3, -0.25) is 4.90 Å². The minimum Gasteiger partial charge on any atom is -0.489 e. The van der Waals surface area contributed by atoms with Crippen LogP contribution in [0.1, 0.15) is 43.7 Å². The van der Waals surface area contributed by atoms with E-state index in [1.165, 1.54) is 61.2 Å². The second-order valence-electron chi connectivity index (χ2n) is 10.2. The maximum absolute atomic E-state index is 6.44. The summed E-state index contributed by atoms with van der Waals surface area (Å²) in [5.41, 5.74) is 5.03. The molecule has 184 valence electrons. The van der Waals surface area contributed by atoms with Crippen LogP contribution in [0, 0.1) is 12.8 Å². The number of nitrogens with zero attached hydrogens (tertiary/aromatic N) is 2. The monoisotopic (exact) mass is 464 g/mol. The molecule has 0 aliphatic carbocycles. The summed E-state index contributed by atoms with van der Waals surface area (Å²) >= 11 is 0. The number of hydrogen-bond donors (Lipinski definition) is 0. The molecular formula is C29H40N2O3. The van der Waals surface area contributed by atoms with Crippen molar-refractivity contribution in [3.8, 4) is 22.6 Å². The fraction of sp³-hybridized carbons (Fsp3) is 0.586. The Morgan fingerprint density at radius 2 is 1.88 bits per heavy atom. The molecule has 2 fully saturated rings. The Bertz CT molecular complexity index is 948. The summed E-state index contributed by atoms with van der Waals surface area (Å²) in [7, 11) is 0. The maximum atomic E-state index is 6.44. The van der Waals surface area contributed by atoms with E-state index in [0.29, 0.717) is 18.6 Å². The highest BCUT2D eigenvalue weighted by Crippen LogP contribution is 2.40. The van der Waals surface area contributed by atoms with Crippen LogP contribution in [0.15, 0.2) is 36.4 Å². The summed E-state index contributed by atoms with van der Waals surface area (Å²) in [6.07, 6.45) is 4.81. The molecule has 5 heteroatoms. The Kier molecular flexibility index (Phi) is 7.73. The zero-order chi connectivity index (χ0) is 23.3. The normalized spacial score (nSPS) is 22.2. The summed E-state index contributed by atoms with van der Waals surface area (Å²) in [6, 6.07) is 13.8. The van der Waals surface area contributed by atoms with Gasteiger partial charge in [-0.15, -0.1) is 0 Å². The number of ether oxygens (including phenoxy) is 3. The molecule has 3 aliphatic rings. The van der Waals surface area contributed by atoms with Crippen LogP contribution in [0.4, 0.5) is 0 Å². The largest absolute Gasteiger partial charge is 0.489 e. The van der Waals surface area contributed by atoms with Gasteiger partial charge in [-0.2, -0.15) is 0 Å². The number of hydrogen-bond acceptors (Lipinski definition) is 5. The lowest BCUT2D eigenvalue weighted by Crippen LogP contribution is -2.45. The van der Waals surface area contributed by atoms with Crippen molar-refractivity contribution in [1.82, 2.24) is 9.80 Å². The second-order valence-corrected chi connectivity index (χ2v) is 10.2. The number of fused-ring (bicyclic) bond motifs is 1. The van der Waals surface area contributed by atoms with Gasteiger partial charge in [0, 0.05) is 37.2 Å². The maximum Gasteiger partial charge on any atom is 0.165 e. The molecule has 0 spiro atoms. The van der Waals surface area contributed by atoms with Crippen LogP contribution in [-0.2, 0) is 11.3 Å². The van der Waals surface area contributed by atoms with Crippen molar-refractivity contribution in [1.29, 1.82) is 0 Å². The molecule has 2 aromatic rings. The van der Waals surface area contributed by atoms with Crippen molar-refractivity contribution in [3.05, 3.63) is 47.5 Å². The fourth-order valence-electron chi connectivity index (χ4n) is 5.72. The van der Waals surface area contributed by atoms with Crippen LogP contribution in [0.25, 0.3) is 11.1 Å². The van der Waals surface area contributed by atoms with Crippen molar-refractivity contribution >= 4 is 0 Å². The molecule has 0 aromatic heterocycles. The Labute approximate surface area is 205 Å². The first-order valence-electron chi connectivity index (χ1n) is 13.2. The third-order valence-corrected chi connectivity index (χ3v) is 7.70. The fourth-order valence-corrected chi connectivity index (χ4v) is 5.72. The van der Waals surface area contributed by atoms with Gasteiger partial charge in [-0.25, -0.2) is 0 Å². The van der Waals surface area contributed by atoms with E-state index >= 15 is 0 Å². The number of piperidine rings is 1. The van der Waals surface area contributed by atoms with Crippen molar-refractivity contribution in [2.45, 2.75) is 52.1 Å². The minimum atomic E-state index is 0.466. The molecule has 0 amide bonds. The van der Waals surface area contributed by atoms with Crippen molar-refractivity contribution in [3.63, 3.8) is 0 Å². The molecule has 0 bridgehead atoms. The molecule has 1 atom stereocenters. The van der Waals surface area contributed by atoms with Crippen LogP contribution in [0.5, 0.6) is 11.5 Å². The molecule has 3 aliphatic heterocycles. The standard InChI is InChI=1S/C29H40N2O3/c1-3-11-30-12-8-26(9-13-30)31-14-16-33-29-25(19-31)17-24(27-7-5-4-6-22(27)2)18-28(29)34-21-23-10-15-32-20-23/h4-7,17-18,23,26H,3,8-16,19-21H2,1-2H3. The Balaban J connectivity index is 1.41. The highest BCUT2D eigenvalue weighted by molar-refractivity contribution is 5.72. The SMILES string of the molecule is CCCN1CCC(N2CCOc3c(cc(-c4ccccc4C)cc3OCC3CCOC3)C2)CC1. The summed E-state index contributed by atoms with van der Waals surface area (Å²) in [5.74, 6) is 2.30. The first-order chi connectivity index (χ1) is 16.7. The molecule has 0 N–H and O–H groups in total. The Morgan fingerprint density at radius 3 is 2.65 bits per heavy atom. The van der Waals surface area contributed by atoms with E-state index in [1.807, 2.05) is 0 Å². The minimum absolute atomic E-state index is 0.466. The molecular weight excluding hydrogens is 424 g/mol. The van der Waals surface area contributed by atoms with Crippen molar-refractivity contribution < 1.29 is 14.2 Å². The van der Waals surface area contributed by atoms with Crippen LogP contribution >= 0.6 is 0 Å². The van der Waals surface area contributed by atoms with Crippen molar-refractivity contribution in [2.24, 2.45) is 5.92 Å². The lowest BCUT2D eigenvalue weighted by molar-refractivity contribution is 0.0968. The highest BCUT2D eigenvalue weighted by Gasteiger charge is 2.29. The smallest absolute Gasteiger partial charge is 0.165 e. The van der Waals surface area contributed by atoms with E-state index in [4.69, 9.17) is 14.2 Å². The summed E-state index contributed by atoms with van der Waals surface area (Å²) in [5, 5.41) is 0. The zero-order valence-electron chi connectivity index (χ0n) is 20.9. The van der Waals surface area contributed by atoms with E-state index in [1.54, 1.807) is 0 Å². The van der Waals surface area contributed by atoms with Crippen LogP contribution in [0.3, 0.4) is 0 Å². The molecule has 1 unspecified atom stereocenters.